The number of hydrogen-bond donors (Lipinski definition) is 0. The van der Waals surface area contributed by atoms with E-state index in [1.165, 1.54) is 0 Å². The molecule has 0 aromatic rings. The second kappa shape index (κ2) is 3.34. The van der Waals surface area contributed by atoms with E-state index in [9.17, 15) is 18.7 Å². The summed E-state index contributed by atoms with van der Waals surface area (Å²) in [5.41, 5.74) is 0. The zero-order valence-corrected chi connectivity index (χ0v) is 4.64. The van der Waals surface area contributed by atoms with E-state index in [0.29, 0.717) is 0 Å². The van der Waals surface area contributed by atoms with E-state index in [0.717, 1.165) is 6.92 Å². The van der Waals surface area contributed by atoms with Gasteiger partial charge in [-0.25, -0.2) is 0 Å². The fourth-order valence-electron chi connectivity index (χ4n) is 0.210. The minimum Gasteiger partial charge on any atom is -0.547 e. The van der Waals surface area contributed by atoms with Crippen LogP contribution in [0.2, 0.25) is 0 Å². The van der Waals surface area contributed by atoms with Crippen molar-refractivity contribution in [1.82, 2.24) is 0 Å². The fourth-order valence-corrected chi connectivity index (χ4v) is 0.210. The molecule has 0 radical (unpaired) electrons. The van der Waals surface area contributed by atoms with Crippen LogP contribution in [0, 0.1) is 0 Å². The Kier molecular flexibility index (Phi) is 3.08. The summed E-state index contributed by atoms with van der Waals surface area (Å²) in [6.07, 6.45) is -1.55. The van der Waals surface area contributed by atoms with Crippen LogP contribution in [-0.2, 0) is 9.53 Å². The van der Waals surface area contributed by atoms with Crippen LogP contribution in [0.4, 0.5) is 8.78 Å². The second-order valence-corrected chi connectivity index (χ2v) is 1.36. The highest BCUT2D eigenvalue weighted by Gasteiger charge is 2.09. The second-order valence-electron chi connectivity index (χ2n) is 1.36. The first kappa shape index (κ1) is 8.29. The van der Waals surface area contributed by atoms with Crippen molar-refractivity contribution >= 4 is 5.97 Å². The van der Waals surface area contributed by atoms with Crippen LogP contribution in [0.5, 0.6) is 0 Å². The van der Waals surface area contributed by atoms with E-state index < -0.39 is 18.7 Å². The maximum absolute atomic E-state index is 11.1. The third-order valence-corrected chi connectivity index (χ3v) is 0.639. The summed E-state index contributed by atoms with van der Waals surface area (Å²) in [4.78, 5) is 9.67. The Labute approximate surface area is 50.2 Å². The molecule has 0 saturated carbocycles. The number of carbonyl (C=O) groups is 1. The van der Waals surface area contributed by atoms with Crippen LogP contribution in [0.15, 0.2) is 0 Å². The van der Waals surface area contributed by atoms with Crippen LogP contribution in [0.1, 0.15) is 6.92 Å². The highest BCUT2D eigenvalue weighted by molar-refractivity contribution is 5.69. The number of ether oxygens (including phenoxy) is 1. The zero-order chi connectivity index (χ0) is 7.44. The summed E-state index contributed by atoms with van der Waals surface area (Å²) < 4.78 is 25.8. The van der Waals surface area contributed by atoms with E-state index in [1.54, 1.807) is 0 Å². The van der Waals surface area contributed by atoms with Crippen molar-refractivity contribution in [2.45, 2.75) is 19.6 Å². The first-order valence-electron chi connectivity index (χ1n) is 2.18. The molecule has 0 aliphatic rings. The van der Waals surface area contributed by atoms with Crippen molar-refractivity contribution in [2.24, 2.45) is 0 Å². The number of carbonyl (C=O) groups excluding carboxylic acids is 1. The summed E-state index contributed by atoms with van der Waals surface area (Å²) in [6.45, 7) is -2.08. The lowest BCUT2D eigenvalue weighted by molar-refractivity contribution is -0.322. The van der Waals surface area contributed by atoms with E-state index in [-0.39, 0.29) is 0 Å². The minimum atomic E-state index is -3.06. The lowest BCUT2D eigenvalue weighted by Crippen LogP contribution is -2.36. The van der Waals surface area contributed by atoms with E-state index >= 15 is 0 Å². The Morgan fingerprint density at radius 2 is 2.11 bits per heavy atom. The van der Waals surface area contributed by atoms with Gasteiger partial charge in [0.1, 0.15) is 6.10 Å². The van der Waals surface area contributed by atoms with Crippen LogP contribution in [-0.4, -0.2) is 18.7 Å². The van der Waals surface area contributed by atoms with Crippen molar-refractivity contribution in [3.63, 3.8) is 0 Å². The van der Waals surface area contributed by atoms with Crippen LogP contribution >= 0.6 is 0 Å². The molecule has 1 atom stereocenters. The summed E-state index contributed by atoms with van der Waals surface area (Å²) in [7, 11) is 0. The molecule has 0 saturated heterocycles. The molecule has 0 amide bonds. The molecule has 3 nitrogen and oxygen atoms in total. The van der Waals surface area contributed by atoms with Gasteiger partial charge in [0.25, 0.3) is 0 Å². The lowest BCUT2D eigenvalue weighted by Gasteiger charge is -2.11. The molecule has 5 heteroatoms. The molecule has 0 aliphatic carbocycles. The molecule has 0 N–H and O–H groups in total. The summed E-state index contributed by atoms with van der Waals surface area (Å²) in [5.74, 6) is -1.64. The summed E-state index contributed by atoms with van der Waals surface area (Å²) in [6, 6.07) is 0. The Bertz CT molecular complexity index is 104. The highest BCUT2D eigenvalue weighted by Crippen LogP contribution is 1.98. The smallest absolute Gasteiger partial charge is 0.345 e. The molecule has 0 heterocycles. The molecule has 0 aliphatic heterocycles. The van der Waals surface area contributed by atoms with Crippen molar-refractivity contribution in [3.05, 3.63) is 0 Å². The van der Waals surface area contributed by atoms with Gasteiger partial charge in [0.05, 0.1) is 5.97 Å². The van der Waals surface area contributed by atoms with Crippen molar-refractivity contribution in [1.29, 1.82) is 0 Å². The van der Waals surface area contributed by atoms with E-state index in [2.05, 4.69) is 4.74 Å². The van der Waals surface area contributed by atoms with Crippen LogP contribution < -0.4 is 5.11 Å². The molecule has 9 heavy (non-hydrogen) atoms. The van der Waals surface area contributed by atoms with Crippen molar-refractivity contribution in [2.75, 3.05) is 0 Å². The lowest BCUT2D eigenvalue weighted by atomic mass is 10.4. The van der Waals surface area contributed by atoms with Crippen LogP contribution in [0.25, 0.3) is 0 Å². The van der Waals surface area contributed by atoms with Gasteiger partial charge in [-0.2, -0.15) is 8.78 Å². The number of aliphatic carboxylic acids is 1. The molecular weight excluding hydrogens is 134 g/mol. The van der Waals surface area contributed by atoms with Gasteiger partial charge in [0, 0.05) is 0 Å². The minimum absolute atomic E-state index is 0.974. The molecule has 0 fully saturated rings. The normalized spacial score (nSPS) is 13.8. The number of carboxylic acids is 1. The van der Waals surface area contributed by atoms with Crippen LogP contribution in [0.3, 0.4) is 0 Å². The van der Waals surface area contributed by atoms with Gasteiger partial charge >= 0.3 is 6.61 Å². The first-order chi connectivity index (χ1) is 4.04. The number of alkyl halides is 2. The molecule has 54 valence electrons. The Balaban J connectivity index is 3.50. The van der Waals surface area contributed by atoms with E-state index in [1.807, 2.05) is 0 Å². The third-order valence-electron chi connectivity index (χ3n) is 0.639. The molecule has 0 spiro atoms. The predicted molar refractivity (Wildman–Crippen MR) is 21.6 cm³/mol. The topological polar surface area (TPSA) is 49.4 Å². The maximum atomic E-state index is 11.1. The van der Waals surface area contributed by atoms with Crippen molar-refractivity contribution in [3.8, 4) is 0 Å². The van der Waals surface area contributed by atoms with Crippen molar-refractivity contribution < 1.29 is 23.4 Å². The quantitative estimate of drug-likeness (QED) is 0.522. The molecule has 0 bridgehead atoms. The molecule has 0 aromatic heterocycles. The van der Waals surface area contributed by atoms with Gasteiger partial charge in [-0.15, -0.1) is 0 Å². The van der Waals surface area contributed by atoms with Gasteiger partial charge < -0.3 is 14.6 Å². The fraction of sp³-hybridized carbons (Fsp3) is 0.750. The third kappa shape index (κ3) is 3.84. The largest absolute Gasteiger partial charge is 0.547 e. The SMILES string of the molecule is CC(OC(F)F)C(=O)[O-]. The molecule has 1 unspecified atom stereocenters. The monoisotopic (exact) mass is 139 g/mol. The van der Waals surface area contributed by atoms with Gasteiger partial charge in [0.2, 0.25) is 0 Å². The van der Waals surface area contributed by atoms with E-state index in [4.69, 9.17) is 0 Å². The first-order valence-corrected chi connectivity index (χ1v) is 2.18. The molecular formula is C4H5F2O3-. The predicted octanol–water partition coefficient (Wildman–Crippen LogP) is -0.636. The van der Waals surface area contributed by atoms with Gasteiger partial charge in [0.15, 0.2) is 0 Å². The number of halogens is 2. The zero-order valence-electron chi connectivity index (χ0n) is 4.64. The Morgan fingerprint density at radius 3 is 2.22 bits per heavy atom. The molecule has 0 rings (SSSR count). The Hall–Kier alpha value is -0.710. The van der Waals surface area contributed by atoms with Gasteiger partial charge in [-0.3, -0.25) is 0 Å². The standard InChI is InChI=1S/C4H6F2O3/c1-2(3(7)8)9-4(5)6/h2,4H,1H3,(H,7,8)/p-1. The number of rotatable bonds is 3. The Morgan fingerprint density at radius 1 is 1.67 bits per heavy atom. The average molecular weight is 139 g/mol. The number of carboxylic acid groups (broad SMARTS) is 1. The summed E-state index contributed by atoms with van der Waals surface area (Å²) in [5, 5.41) is 9.67. The molecule has 0 aromatic carbocycles. The van der Waals surface area contributed by atoms with Gasteiger partial charge in [-0.05, 0) is 6.92 Å². The average Bonchev–Trinajstić information content (AvgIpc) is 1.63. The highest BCUT2D eigenvalue weighted by atomic mass is 19.3. The number of hydrogen-bond acceptors (Lipinski definition) is 3. The maximum Gasteiger partial charge on any atom is 0.345 e. The van der Waals surface area contributed by atoms with Gasteiger partial charge in [-0.1, -0.05) is 0 Å². The summed E-state index contributed by atoms with van der Waals surface area (Å²) >= 11 is 0.